The minimum absolute atomic E-state index is 0.106. The second-order valence-corrected chi connectivity index (χ2v) is 9.97. The molecular formula is C28H37N5O3. The highest BCUT2D eigenvalue weighted by atomic mass is 16.5. The molecular weight excluding hydrogens is 454 g/mol. The normalized spacial score (nSPS) is 11.3. The molecule has 1 aromatic heterocycles. The Bertz CT molecular complexity index is 1180. The van der Waals surface area contributed by atoms with E-state index in [1.807, 2.05) is 68.4 Å². The number of amides is 3. The number of aromatic nitrogens is 2. The predicted molar refractivity (Wildman–Crippen MR) is 144 cm³/mol. The monoisotopic (exact) mass is 491 g/mol. The summed E-state index contributed by atoms with van der Waals surface area (Å²) in [5.74, 6) is 0.256. The quantitative estimate of drug-likeness (QED) is 0.398. The number of methoxy groups -OCH3 is 1. The summed E-state index contributed by atoms with van der Waals surface area (Å²) in [6, 6.07) is 17.1. The van der Waals surface area contributed by atoms with Crippen LogP contribution in [0.2, 0.25) is 0 Å². The number of benzene rings is 2. The van der Waals surface area contributed by atoms with Gasteiger partial charge in [0.25, 0.3) is 0 Å². The number of urea groups is 1. The van der Waals surface area contributed by atoms with Crippen molar-refractivity contribution < 1.29 is 14.3 Å². The first-order valence-corrected chi connectivity index (χ1v) is 12.2. The maximum Gasteiger partial charge on any atom is 0.322 e. The number of aryl methyl sites for hydroxylation is 2. The molecule has 3 amide bonds. The standard InChI is InChI=1S/C28H37N5O3/c1-20-12-14-22(15-13-20)33-25(18-24(31-33)28(3,4)5)30-26(34)19-32(16-9-17-36-6)27(35)29-23-11-8-7-10-21(23)2/h7-8,10-15,18H,9,16-17,19H2,1-6H3,(H,29,35)(H,30,34). The van der Waals surface area contributed by atoms with Gasteiger partial charge in [-0.15, -0.1) is 0 Å². The molecule has 192 valence electrons. The van der Waals surface area contributed by atoms with Crippen molar-refractivity contribution in [1.82, 2.24) is 14.7 Å². The number of para-hydroxylation sites is 1. The molecule has 2 N–H and O–H groups in total. The SMILES string of the molecule is COCCCN(CC(=O)Nc1cc(C(C)(C)C)nn1-c1ccc(C)cc1)C(=O)Nc1ccccc1C. The van der Waals surface area contributed by atoms with Gasteiger partial charge in [0.2, 0.25) is 5.91 Å². The third kappa shape index (κ3) is 7.18. The second-order valence-electron chi connectivity index (χ2n) is 9.97. The molecule has 0 radical (unpaired) electrons. The van der Waals surface area contributed by atoms with E-state index in [4.69, 9.17) is 9.84 Å². The molecule has 1 heterocycles. The smallest absolute Gasteiger partial charge is 0.322 e. The average molecular weight is 492 g/mol. The van der Waals surface area contributed by atoms with E-state index in [9.17, 15) is 9.59 Å². The van der Waals surface area contributed by atoms with Gasteiger partial charge in [-0.25, -0.2) is 9.48 Å². The van der Waals surface area contributed by atoms with Crippen LogP contribution in [-0.4, -0.2) is 53.4 Å². The van der Waals surface area contributed by atoms with Gasteiger partial charge in [0.1, 0.15) is 12.4 Å². The molecule has 0 unspecified atom stereocenters. The lowest BCUT2D eigenvalue weighted by molar-refractivity contribution is -0.116. The third-order valence-corrected chi connectivity index (χ3v) is 5.81. The largest absolute Gasteiger partial charge is 0.385 e. The molecule has 0 atom stereocenters. The zero-order chi connectivity index (χ0) is 26.3. The second kappa shape index (κ2) is 11.9. The number of carbonyl (C=O) groups excluding carboxylic acids is 2. The molecule has 8 nitrogen and oxygen atoms in total. The van der Waals surface area contributed by atoms with E-state index >= 15 is 0 Å². The predicted octanol–water partition coefficient (Wildman–Crippen LogP) is 5.30. The first-order valence-electron chi connectivity index (χ1n) is 12.2. The molecule has 0 spiro atoms. The Labute approximate surface area is 213 Å². The van der Waals surface area contributed by atoms with Crippen molar-refractivity contribution in [3.63, 3.8) is 0 Å². The summed E-state index contributed by atoms with van der Waals surface area (Å²) in [7, 11) is 1.61. The number of anilines is 2. The highest BCUT2D eigenvalue weighted by Crippen LogP contribution is 2.26. The highest BCUT2D eigenvalue weighted by molar-refractivity contribution is 5.97. The van der Waals surface area contributed by atoms with Crippen LogP contribution in [0.15, 0.2) is 54.6 Å². The highest BCUT2D eigenvalue weighted by Gasteiger charge is 2.23. The number of nitrogens with one attached hydrogen (secondary N) is 2. The van der Waals surface area contributed by atoms with E-state index in [-0.39, 0.29) is 23.9 Å². The fourth-order valence-corrected chi connectivity index (χ4v) is 3.63. The Balaban J connectivity index is 1.81. The summed E-state index contributed by atoms with van der Waals surface area (Å²) >= 11 is 0. The Kier molecular flexibility index (Phi) is 8.88. The zero-order valence-corrected chi connectivity index (χ0v) is 22.1. The molecule has 3 aromatic rings. The first kappa shape index (κ1) is 26.9. The van der Waals surface area contributed by atoms with E-state index in [2.05, 4.69) is 31.4 Å². The van der Waals surface area contributed by atoms with E-state index < -0.39 is 0 Å². The number of hydrogen-bond donors (Lipinski definition) is 2. The van der Waals surface area contributed by atoms with Crippen LogP contribution in [0, 0.1) is 13.8 Å². The van der Waals surface area contributed by atoms with E-state index in [1.165, 1.54) is 4.90 Å². The lowest BCUT2D eigenvalue weighted by atomic mass is 9.92. The lowest BCUT2D eigenvalue weighted by Crippen LogP contribution is -2.41. The number of nitrogens with zero attached hydrogens (tertiary/aromatic N) is 3. The fraction of sp³-hybridized carbons (Fsp3) is 0.393. The molecule has 0 aliphatic rings. The van der Waals surface area contributed by atoms with Crippen LogP contribution in [-0.2, 0) is 14.9 Å². The van der Waals surface area contributed by atoms with Gasteiger partial charge in [-0.1, -0.05) is 56.7 Å². The fourth-order valence-electron chi connectivity index (χ4n) is 3.63. The van der Waals surface area contributed by atoms with Crippen LogP contribution < -0.4 is 10.6 Å². The van der Waals surface area contributed by atoms with E-state index in [0.29, 0.717) is 31.1 Å². The Morgan fingerprint density at radius 3 is 2.36 bits per heavy atom. The summed E-state index contributed by atoms with van der Waals surface area (Å²) in [6.07, 6.45) is 0.612. The van der Waals surface area contributed by atoms with E-state index in [0.717, 1.165) is 22.5 Å². The summed E-state index contributed by atoms with van der Waals surface area (Å²) in [6.45, 7) is 10.9. The molecule has 0 bridgehead atoms. The summed E-state index contributed by atoms with van der Waals surface area (Å²) in [4.78, 5) is 27.7. The van der Waals surface area contributed by atoms with E-state index in [1.54, 1.807) is 11.8 Å². The number of rotatable bonds is 9. The molecule has 2 aromatic carbocycles. The molecule has 0 aliphatic carbocycles. The van der Waals surface area contributed by atoms with Crippen LogP contribution in [0.3, 0.4) is 0 Å². The average Bonchev–Trinajstić information content (AvgIpc) is 3.24. The number of ether oxygens (including phenoxy) is 1. The minimum atomic E-state index is -0.335. The summed E-state index contributed by atoms with van der Waals surface area (Å²) in [5.41, 5.74) is 4.30. The molecule has 8 heteroatoms. The third-order valence-electron chi connectivity index (χ3n) is 5.81. The van der Waals surface area contributed by atoms with Crippen molar-refractivity contribution in [2.75, 3.05) is 37.4 Å². The molecule has 0 saturated carbocycles. The van der Waals surface area contributed by atoms with Crippen molar-refractivity contribution in [2.45, 2.75) is 46.5 Å². The number of carbonyl (C=O) groups is 2. The Morgan fingerprint density at radius 1 is 1.03 bits per heavy atom. The number of hydrogen-bond acceptors (Lipinski definition) is 4. The van der Waals surface area contributed by atoms with Crippen LogP contribution in [0.4, 0.5) is 16.3 Å². The van der Waals surface area contributed by atoms with Gasteiger partial charge in [0, 0.05) is 37.4 Å². The van der Waals surface area contributed by atoms with Crippen LogP contribution in [0.5, 0.6) is 0 Å². The maximum absolute atomic E-state index is 13.2. The molecule has 0 fully saturated rings. The summed E-state index contributed by atoms with van der Waals surface area (Å²) < 4.78 is 6.88. The van der Waals surface area contributed by atoms with Crippen LogP contribution >= 0.6 is 0 Å². The zero-order valence-electron chi connectivity index (χ0n) is 22.1. The molecule has 0 aliphatic heterocycles. The van der Waals surface area contributed by atoms with Crippen molar-refractivity contribution in [1.29, 1.82) is 0 Å². The van der Waals surface area contributed by atoms with Gasteiger partial charge in [0.05, 0.1) is 11.4 Å². The first-order chi connectivity index (χ1) is 17.1. The van der Waals surface area contributed by atoms with Gasteiger partial charge in [-0.3, -0.25) is 4.79 Å². The van der Waals surface area contributed by atoms with Gasteiger partial charge < -0.3 is 20.3 Å². The Morgan fingerprint density at radius 2 is 1.72 bits per heavy atom. The maximum atomic E-state index is 13.2. The van der Waals surface area contributed by atoms with Crippen LogP contribution in [0.25, 0.3) is 5.69 Å². The van der Waals surface area contributed by atoms with Gasteiger partial charge >= 0.3 is 6.03 Å². The van der Waals surface area contributed by atoms with Gasteiger partial charge in [-0.05, 0) is 44.0 Å². The topological polar surface area (TPSA) is 88.5 Å². The van der Waals surface area contributed by atoms with Crippen molar-refractivity contribution in [2.24, 2.45) is 0 Å². The van der Waals surface area contributed by atoms with Gasteiger partial charge in [-0.2, -0.15) is 5.10 Å². The van der Waals surface area contributed by atoms with Crippen LogP contribution in [0.1, 0.15) is 44.0 Å². The molecule has 0 saturated heterocycles. The van der Waals surface area contributed by atoms with Crippen molar-refractivity contribution in [3.8, 4) is 5.69 Å². The van der Waals surface area contributed by atoms with Crippen molar-refractivity contribution >= 4 is 23.4 Å². The van der Waals surface area contributed by atoms with Gasteiger partial charge in [0.15, 0.2) is 0 Å². The summed E-state index contributed by atoms with van der Waals surface area (Å²) in [5, 5.41) is 10.7. The molecule has 3 rings (SSSR count). The minimum Gasteiger partial charge on any atom is -0.385 e. The lowest BCUT2D eigenvalue weighted by Gasteiger charge is -2.23. The van der Waals surface area contributed by atoms with Crippen molar-refractivity contribution in [3.05, 3.63) is 71.4 Å². The Hall–Kier alpha value is -3.65. The molecule has 36 heavy (non-hydrogen) atoms.